The number of carbonyl (C=O) groups is 3. The van der Waals surface area contributed by atoms with Crippen LogP contribution in [0.2, 0.25) is 0 Å². The molecule has 2 atom stereocenters. The number of imide groups is 2. The number of hydrogen-bond acceptors (Lipinski definition) is 6. The molecule has 2 aromatic rings. The smallest absolute Gasteiger partial charge is 0.330 e. The first-order valence-electron chi connectivity index (χ1n) is 11.3. The van der Waals surface area contributed by atoms with Crippen LogP contribution in [0.4, 0.5) is 10.6 Å². The van der Waals surface area contributed by atoms with E-state index in [-0.39, 0.29) is 24.4 Å². The summed E-state index contributed by atoms with van der Waals surface area (Å²) in [5.74, 6) is -0.494. The van der Waals surface area contributed by atoms with Crippen LogP contribution in [-0.4, -0.2) is 51.3 Å². The van der Waals surface area contributed by atoms with Crippen LogP contribution < -0.4 is 15.8 Å². The van der Waals surface area contributed by atoms with Gasteiger partial charge in [-0.3, -0.25) is 29.0 Å². The number of nitrogens with zero attached hydrogens (tertiary/aromatic N) is 4. The van der Waals surface area contributed by atoms with Crippen LogP contribution in [0.1, 0.15) is 45.1 Å². The van der Waals surface area contributed by atoms with E-state index in [1.807, 2.05) is 24.8 Å². The van der Waals surface area contributed by atoms with Crippen LogP contribution in [-0.2, 0) is 16.0 Å². The average Bonchev–Trinajstić information content (AvgIpc) is 3.02. The molecule has 1 spiro atoms. The average molecular weight is 438 g/mol. The molecule has 0 radical (unpaired) electrons. The Hall–Kier alpha value is -3.23. The minimum Gasteiger partial charge on any atom is -0.352 e. The summed E-state index contributed by atoms with van der Waals surface area (Å²) >= 11 is 0. The van der Waals surface area contributed by atoms with Gasteiger partial charge < -0.3 is 4.90 Å². The molecule has 0 saturated carbocycles. The van der Waals surface area contributed by atoms with Gasteiger partial charge in [0.15, 0.2) is 5.41 Å². The summed E-state index contributed by atoms with van der Waals surface area (Å²) in [6.07, 6.45) is 4.92. The Labute approximate surface area is 185 Å². The second-order valence-corrected chi connectivity index (χ2v) is 9.42. The van der Waals surface area contributed by atoms with E-state index < -0.39 is 29.3 Å². The summed E-state index contributed by atoms with van der Waals surface area (Å²) in [7, 11) is 0. The van der Waals surface area contributed by atoms with Gasteiger partial charge in [-0.05, 0) is 30.9 Å². The summed E-state index contributed by atoms with van der Waals surface area (Å²) in [6.45, 7) is 4.65. The number of amides is 4. The second-order valence-electron chi connectivity index (χ2n) is 9.42. The topological polar surface area (TPSA) is 104 Å². The highest BCUT2D eigenvalue weighted by Gasteiger charge is 2.62. The molecule has 4 amide bonds. The molecule has 168 valence electrons. The predicted octanol–water partition coefficient (Wildman–Crippen LogP) is 1.72. The number of urea groups is 1. The number of rotatable bonds is 2. The number of pyridine rings is 1. The Morgan fingerprint density at radius 3 is 2.75 bits per heavy atom. The van der Waals surface area contributed by atoms with Crippen molar-refractivity contribution in [3.8, 4) is 0 Å². The predicted molar refractivity (Wildman–Crippen MR) is 117 cm³/mol. The van der Waals surface area contributed by atoms with E-state index >= 15 is 0 Å². The van der Waals surface area contributed by atoms with Crippen molar-refractivity contribution in [1.29, 1.82) is 0 Å². The molecule has 0 aliphatic carbocycles. The summed E-state index contributed by atoms with van der Waals surface area (Å²) < 4.78 is 1.45. The molecule has 2 fully saturated rings. The lowest BCUT2D eigenvalue weighted by molar-refractivity contribution is -0.154. The molecule has 0 bridgehead atoms. The fourth-order valence-corrected chi connectivity index (χ4v) is 5.46. The molecule has 0 unspecified atom stereocenters. The molecular weight excluding hydrogens is 410 g/mol. The van der Waals surface area contributed by atoms with E-state index in [0.717, 1.165) is 24.2 Å². The van der Waals surface area contributed by atoms with Crippen molar-refractivity contribution in [1.82, 2.24) is 19.6 Å². The van der Waals surface area contributed by atoms with Crippen molar-refractivity contribution < 1.29 is 14.4 Å². The molecule has 5 heterocycles. The van der Waals surface area contributed by atoms with Crippen molar-refractivity contribution in [2.24, 2.45) is 11.3 Å². The van der Waals surface area contributed by atoms with Gasteiger partial charge in [0.2, 0.25) is 11.8 Å². The first-order valence-corrected chi connectivity index (χ1v) is 11.3. The quantitative estimate of drug-likeness (QED) is 0.718. The van der Waals surface area contributed by atoms with Crippen LogP contribution in [0, 0.1) is 11.3 Å². The second kappa shape index (κ2) is 7.43. The van der Waals surface area contributed by atoms with Crippen LogP contribution in [0.5, 0.6) is 0 Å². The van der Waals surface area contributed by atoms with Gasteiger partial charge in [-0.15, -0.1) is 0 Å². The fourth-order valence-electron chi connectivity index (χ4n) is 5.46. The van der Waals surface area contributed by atoms with Crippen molar-refractivity contribution in [3.05, 3.63) is 40.3 Å². The third-order valence-electron chi connectivity index (χ3n) is 6.90. The van der Waals surface area contributed by atoms with Gasteiger partial charge in [0, 0.05) is 25.7 Å². The molecule has 1 N–H and O–H groups in total. The number of hydrogen-bond donors (Lipinski definition) is 1. The maximum Gasteiger partial charge on any atom is 0.330 e. The summed E-state index contributed by atoms with van der Waals surface area (Å²) in [6, 6.07) is 4.22. The lowest BCUT2D eigenvalue weighted by atomic mass is 9.68. The minimum absolute atomic E-state index is 0.0484. The lowest BCUT2D eigenvalue weighted by Crippen LogP contribution is -2.72. The third-order valence-corrected chi connectivity index (χ3v) is 6.90. The van der Waals surface area contributed by atoms with Crippen molar-refractivity contribution in [2.75, 3.05) is 18.0 Å². The molecule has 9 nitrogen and oxygen atoms in total. The number of fused-ring (bicyclic) bond motifs is 5. The monoisotopic (exact) mass is 437 g/mol. The highest BCUT2D eigenvalue weighted by Crippen LogP contribution is 2.45. The van der Waals surface area contributed by atoms with E-state index in [4.69, 9.17) is 4.98 Å². The number of barbiturate groups is 1. The zero-order valence-electron chi connectivity index (χ0n) is 18.3. The lowest BCUT2D eigenvalue weighted by Gasteiger charge is -2.50. The Kier molecular flexibility index (Phi) is 4.79. The Morgan fingerprint density at radius 2 is 1.97 bits per heavy atom. The molecule has 5 rings (SSSR count). The van der Waals surface area contributed by atoms with Gasteiger partial charge >= 0.3 is 6.03 Å². The van der Waals surface area contributed by atoms with Crippen LogP contribution in [0.25, 0.3) is 5.65 Å². The SMILES string of the molecule is CC(C)CN1C(=O)NC(=O)[C@@]2(Cc3c(nc4ccccn4c3=O)N3CCCCC[C@@H]32)C1=O. The van der Waals surface area contributed by atoms with Gasteiger partial charge in [-0.2, -0.15) is 0 Å². The van der Waals surface area contributed by atoms with Gasteiger partial charge in [0.1, 0.15) is 11.5 Å². The van der Waals surface area contributed by atoms with Gasteiger partial charge in [-0.25, -0.2) is 9.78 Å². The molecule has 32 heavy (non-hydrogen) atoms. The normalized spacial score (nSPS) is 25.7. The number of anilines is 1. The maximum absolute atomic E-state index is 13.9. The molecule has 2 saturated heterocycles. The number of carbonyl (C=O) groups excluding carboxylic acids is 3. The molecule has 2 aromatic heterocycles. The van der Waals surface area contributed by atoms with Gasteiger partial charge in [0.25, 0.3) is 5.56 Å². The van der Waals surface area contributed by atoms with Crippen LogP contribution in [0.3, 0.4) is 0 Å². The Bertz CT molecular complexity index is 1190. The van der Waals surface area contributed by atoms with E-state index in [9.17, 15) is 19.2 Å². The standard InChI is InChI=1S/C23H27N5O4/c1-14(2)13-28-21(31)23(20(30)25-22(28)32)12-15-18(26-10-6-3-4-8-16(23)26)24-17-9-5-7-11-27(17)19(15)29/h5,7,9,11,14,16H,3-4,6,8,10,12-13H2,1-2H3,(H,25,30,32)/t16-,23+/m1/s1. The van der Waals surface area contributed by atoms with E-state index in [0.29, 0.717) is 30.0 Å². The van der Waals surface area contributed by atoms with Gasteiger partial charge in [0.05, 0.1) is 11.6 Å². The van der Waals surface area contributed by atoms with E-state index in [2.05, 4.69) is 5.32 Å². The molecule has 3 aliphatic rings. The first kappa shape index (κ1) is 20.7. The zero-order valence-corrected chi connectivity index (χ0v) is 18.3. The van der Waals surface area contributed by atoms with E-state index in [1.54, 1.807) is 18.3 Å². The Balaban J connectivity index is 1.74. The molecule has 9 heteroatoms. The highest BCUT2D eigenvalue weighted by molar-refractivity contribution is 6.20. The van der Waals surface area contributed by atoms with Crippen LogP contribution in [0.15, 0.2) is 29.2 Å². The maximum atomic E-state index is 13.9. The summed E-state index contributed by atoms with van der Waals surface area (Å²) in [4.78, 5) is 61.3. The highest BCUT2D eigenvalue weighted by atomic mass is 16.2. The third kappa shape index (κ3) is 2.87. The Morgan fingerprint density at radius 1 is 1.16 bits per heavy atom. The number of aromatic nitrogens is 2. The van der Waals surface area contributed by atoms with Crippen molar-refractivity contribution in [2.45, 2.75) is 52.0 Å². The molecular formula is C23H27N5O4. The van der Waals surface area contributed by atoms with Crippen molar-refractivity contribution >= 4 is 29.3 Å². The summed E-state index contributed by atoms with van der Waals surface area (Å²) in [5, 5.41) is 2.44. The molecule has 0 aromatic carbocycles. The van der Waals surface area contributed by atoms with E-state index in [1.165, 1.54) is 4.40 Å². The molecule has 3 aliphatic heterocycles. The number of nitrogens with one attached hydrogen (secondary N) is 1. The van der Waals surface area contributed by atoms with Crippen molar-refractivity contribution in [3.63, 3.8) is 0 Å². The van der Waals surface area contributed by atoms with Gasteiger partial charge in [-0.1, -0.05) is 32.8 Å². The van der Waals surface area contributed by atoms with Crippen LogP contribution >= 0.6 is 0 Å². The first-order chi connectivity index (χ1) is 15.3. The zero-order chi connectivity index (χ0) is 22.6. The minimum atomic E-state index is -1.52. The fraction of sp³-hybridized carbons (Fsp3) is 0.522. The largest absolute Gasteiger partial charge is 0.352 e. The summed E-state index contributed by atoms with van der Waals surface area (Å²) in [5.41, 5.74) is -0.912.